The smallest absolute Gasteiger partial charge is 0.228 e. The first-order valence-electron chi connectivity index (χ1n) is 7.79. The number of hydrogen-bond acceptors (Lipinski definition) is 2. The van der Waals surface area contributed by atoms with Gasteiger partial charge in [0, 0.05) is 18.6 Å². The Hall–Kier alpha value is -1.06. The van der Waals surface area contributed by atoms with Gasteiger partial charge < -0.3 is 10.2 Å². The van der Waals surface area contributed by atoms with Crippen LogP contribution in [0.1, 0.15) is 38.2 Å². The number of carbonyl (C=O) groups is 1. The first-order chi connectivity index (χ1) is 10.1. The Morgan fingerprint density at radius 3 is 2.62 bits per heavy atom. The lowest BCUT2D eigenvalue weighted by molar-refractivity contribution is -0.143. The molecule has 4 heteroatoms. The summed E-state index contributed by atoms with van der Waals surface area (Å²) in [7, 11) is 1.89. The van der Waals surface area contributed by atoms with Crippen LogP contribution < -0.4 is 5.32 Å². The lowest BCUT2D eigenvalue weighted by Crippen LogP contribution is -2.48. The molecular weight excluding hydrogens is 284 g/mol. The predicted octanol–water partition coefficient (Wildman–Crippen LogP) is 3.47. The summed E-state index contributed by atoms with van der Waals surface area (Å²) >= 11 is 6.21. The molecule has 0 bridgehead atoms. The van der Waals surface area contributed by atoms with E-state index < -0.39 is 0 Å². The van der Waals surface area contributed by atoms with Crippen molar-refractivity contribution < 1.29 is 4.79 Å². The Morgan fingerprint density at radius 1 is 1.33 bits per heavy atom. The minimum Gasteiger partial charge on any atom is -0.341 e. The van der Waals surface area contributed by atoms with Gasteiger partial charge in [0.05, 0.1) is 5.41 Å². The van der Waals surface area contributed by atoms with Crippen molar-refractivity contribution in [1.82, 2.24) is 10.2 Å². The molecule has 0 unspecified atom stereocenters. The maximum atomic E-state index is 13.0. The van der Waals surface area contributed by atoms with Crippen LogP contribution in [0.2, 0.25) is 5.02 Å². The summed E-state index contributed by atoms with van der Waals surface area (Å²) in [5, 5.41) is 4.09. The van der Waals surface area contributed by atoms with E-state index in [0.717, 1.165) is 49.4 Å². The van der Waals surface area contributed by atoms with Crippen LogP contribution in [0.3, 0.4) is 0 Å². The maximum Gasteiger partial charge on any atom is 0.228 e. The summed E-state index contributed by atoms with van der Waals surface area (Å²) in [4.78, 5) is 14.8. The van der Waals surface area contributed by atoms with Crippen molar-refractivity contribution in [3.05, 3.63) is 34.9 Å². The van der Waals surface area contributed by atoms with Crippen LogP contribution in [-0.4, -0.2) is 30.9 Å². The molecule has 1 fully saturated rings. The van der Waals surface area contributed by atoms with Gasteiger partial charge in [0.2, 0.25) is 5.91 Å². The third-order valence-corrected chi connectivity index (χ3v) is 4.82. The molecule has 0 spiro atoms. The highest BCUT2D eigenvalue weighted by Gasteiger charge is 2.40. The first kappa shape index (κ1) is 16.3. The van der Waals surface area contributed by atoms with E-state index in [1.807, 2.05) is 36.2 Å². The number of carbonyl (C=O) groups excluding carboxylic acids is 1. The second kappa shape index (κ2) is 7.28. The normalized spacial score (nSPS) is 17.5. The number of hydrogen-bond donors (Lipinski definition) is 1. The van der Waals surface area contributed by atoms with E-state index in [0.29, 0.717) is 6.54 Å². The molecule has 116 valence electrons. The molecule has 1 aromatic carbocycles. The van der Waals surface area contributed by atoms with Crippen LogP contribution in [0.25, 0.3) is 0 Å². The van der Waals surface area contributed by atoms with E-state index in [-0.39, 0.29) is 11.3 Å². The van der Waals surface area contributed by atoms with E-state index in [2.05, 4.69) is 12.2 Å². The highest BCUT2D eigenvalue weighted by molar-refractivity contribution is 6.31. The fourth-order valence-electron chi connectivity index (χ4n) is 3.31. The summed E-state index contributed by atoms with van der Waals surface area (Å²) in [5.74, 6) is 0.269. The zero-order chi connectivity index (χ0) is 15.3. The Labute approximate surface area is 132 Å². The Morgan fingerprint density at radius 2 is 2.00 bits per heavy atom. The second-order valence-corrected chi connectivity index (χ2v) is 6.44. The summed E-state index contributed by atoms with van der Waals surface area (Å²) in [6.07, 6.45) is 3.89. The maximum absolute atomic E-state index is 13.0. The number of halogens is 1. The van der Waals surface area contributed by atoms with E-state index in [1.54, 1.807) is 0 Å². The van der Waals surface area contributed by atoms with Crippen LogP contribution in [0.4, 0.5) is 0 Å². The fraction of sp³-hybridized carbons (Fsp3) is 0.588. The molecule has 1 N–H and O–H groups in total. The van der Waals surface area contributed by atoms with E-state index in [4.69, 9.17) is 11.6 Å². The van der Waals surface area contributed by atoms with Gasteiger partial charge in [-0.1, -0.05) is 43.1 Å². The molecular formula is C17H25ClN2O. The first-order valence-corrected chi connectivity index (χ1v) is 8.16. The summed E-state index contributed by atoms with van der Waals surface area (Å²) in [5.41, 5.74) is 0.825. The molecule has 0 aromatic heterocycles. The van der Waals surface area contributed by atoms with Crippen molar-refractivity contribution in [2.24, 2.45) is 5.41 Å². The lowest BCUT2D eigenvalue weighted by Gasteiger charge is -2.39. The van der Waals surface area contributed by atoms with Gasteiger partial charge in [-0.05, 0) is 44.0 Å². The highest BCUT2D eigenvalue weighted by atomic mass is 35.5. The van der Waals surface area contributed by atoms with Crippen LogP contribution in [0.15, 0.2) is 24.3 Å². The van der Waals surface area contributed by atoms with Gasteiger partial charge in [-0.2, -0.15) is 0 Å². The largest absolute Gasteiger partial charge is 0.341 e. The second-order valence-electron chi connectivity index (χ2n) is 6.03. The van der Waals surface area contributed by atoms with E-state index in [1.165, 1.54) is 0 Å². The topological polar surface area (TPSA) is 32.3 Å². The van der Waals surface area contributed by atoms with E-state index >= 15 is 0 Å². The number of rotatable bonds is 5. The molecule has 1 aromatic rings. The molecule has 1 aliphatic heterocycles. The molecule has 0 atom stereocenters. The number of nitrogens with zero attached hydrogens (tertiary/aromatic N) is 1. The molecule has 1 amide bonds. The third kappa shape index (κ3) is 3.78. The number of nitrogens with one attached hydrogen (secondary N) is 1. The minimum absolute atomic E-state index is 0.185. The molecule has 0 saturated carbocycles. The molecule has 3 nitrogen and oxygen atoms in total. The van der Waals surface area contributed by atoms with Crippen LogP contribution >= 0.6 is 11.6 Å². The van der Waals surface area contributed by atoms with Crippen molar-refractivity contribution in [1.29, 1.82) is 0 Å². The van der Waals surface area contributed by atoms with Crippen molar-refractivity contribution in [3.63, 3.8) is 0 Å². The molecule has 0 aliphatic carbocycles. The number of piperidine rings is 1. The Bertz CT molecular complexity index is 478. The molecule has 1 saturated heterocycles. The molecule has 1 aliphatic rings. The minimum atomic E-state index is -0.185. The Balaban J connectivity index is 2.11. The summed E-state index contributed by atoms with van der Waals surface area (Å²) in [6, 6.07) is 7.74. The molecule has 1 heterocycles. The van der Waals surface area contributed by atoms with Crippen LogP contribution in [0.5, 0.6) is 0 Å². The summed E-state index contributed by atoms with van der Waals surface area (Å²) < 4.78 is 0. The average molecular weight is 309 g/mol. The molecule has 21 heavy (non-hydrogen) atoms. The van der Waals surface area contributed by atoms with Crippen LogP contribution in [0, 0.1) is 5.41 Å². The fourth-order valence-corrected chi connectivity index (χ4v) is 3.51. The lowest BCUT2D eigenvalue weighted by atomic mass is 9.74. The van der Waals surface area contributed by atoms with Gasteiger partial charge in [-0.3, -0.25) is 4.79 Å². The Kier molecular flexibility index (Phi) is 5.65. The number of benzene rings is 1. The van der Waals surface area contributed by atoms with Gasteiger partial charge in [0.25, 0.3) is 0 Å². The van der Waals surface area contributed by atoms with Gasteiger partial charge >= 0.3 is 0 Å². The quantitative estimate of drug-likeness (QED) is 0.903. The SMILES string of the molecule is CCCC1(C(=O)N(C)Cc2ccccc2Cl)CCNCC1. The molecule has 0 radical (unpaired) electrons. The molecule has 2 rings (SSSR count). The monoisotopic (exact) mass is 308 g/mol. The van der Waals surface area contributed by atoms with Crippen molar-refractivity contribution in [2.45, 2.75) is 39.2 Å². The van der Waals surface area contributed by atoms with Crippen LogP contribution in [-0.2, 0) is 11.3 Å². The van der Waals surface area contributed by atoms with Gasteiger partial charge in [-0.25, -0.2) is 0 Å². The predicted molar refractivity (Wildman–Crippen MR) is 87.4 cm³/mol. The zero-order valence-corrected chi connectivity index (χ0v) is 13.7. The zero-order valence-electron chi connectivity index (χ0n) is 13.0. The van der Waals surface area contributed by atoms with Crippen molar-refractivity contribution >= 4 is 17.5 Å². The van der Waals surface area contributed by atoms with Crippen molar-refractivity contribution in [2.75, 3.05) is 20.1 Å². The average Bonchev–Trinajstić information content (AvgIpc) is 2.50. The summed E-state index contributed by atoms with van der Waals surface area (Å²) in [6.45, 7) is 4.61. The highest BCUT2D eigenvalue weighted by Crippen LogP contribution is 2.36. The third-order valence-electron chi connectivity index (χ3n) is 4.45. The standard InChI is InChI=1S/C17H25ClN2O/c1-3-8-17(9-11-19-12-10-17)16(21)20(2)13-14-6-4-5-7-15(14)18/h4-7,19H,3,8-13H2,1-2H3. The van der Waals surface area contributed by atoms with Gasteiger partial charge in [0.1, 0.15) is 0 Å². The van der Waals surface area contributed by atoms with Crippen molar-refractivity contribution in [3.8, 4) is 0 Å². The number of amides is 1. The van der Waals surface area contributed by atoms with Gasteiger partial charge in [-0.15, -0.1) is 0 Å². The van der Waals surface area contributed by atoms with Gasteiger partial charge in [0.15, 0.2) is 0 Å². The van der Waals surface area contributed by atoms with E-state index in [9.17, 15) is 4.79 Å².